The number of sulfonamides is 1. The molecule has 7 nitrogen and oxygen atoms in total. The molecule has 1 N–H and O–H groups in total. The third kappa shape index (κ3) is 6.02. The molecule has 0 unspecified atom stereocenters. The van der Waals surface area contributed by atoms with Gasteiger partial charge in [-0.15, -0.1) is 0 Å². The van der Waals surface area contributed by atoms with Gasteiger partial charge < -0.3 is 10.1 Å². The van der Waals surface area contributed by atoms with Gasteiger partial charge in [0.15, 0.2) is 5.75 Å². The zero-order valence-corrected chi connectivity index (χ0v) is 20.0. The number of carbonyl (C=O) groups excluding carboxylic acids is 1. The maximum Gasteiger partial charge on any atom is 0.255 e. The fourth-order valence-electron chi connectivity index (χ4n) is 3.89. The molecule has 8 heteroatoms. The minimum Gasteiger partial charge on any atom is -0.455 e. The van der Waals surface area contributed by atoms with Crippen LogP contribution in [0.5, 0.6) is 11.5 Å². The summed E-state index contributed by atoms with van der Waals surface area (Å²) in [6, 6.07) is 24.3. The topological polar surface area (TPSA) is 79.0 Å². The average molecular weight is 480 g/mol. The van der Waals surface area contributed by atoms with Gasteiger partial charge in [-0.2, -0.15) is 4.31 Å². The molecule has 1 aliphatic rings. The number of benzene rings is 3. The van der Waals surface area contributed by atoms with Gasteiger partial charge in [0.25, 0.3) is 5.91 Å². The van der Waals surface area contributed by atoms with Gasteiger partial charge in [-0.3, -0.25) is 9.69 Å². The van der Waals surface area contributed by atoms with Crippen LogP contribution in [0.1, 0.15) is 22.8 Å². The number of hydrogen-bond donors (Lipinski definition) is 1. The van der Waals surface area contributed by atoms with Gasteiger partial charge in [0.2, 0.25) is 10.0 Å². The molecule has 0 bridgehead atoms. The smallest absolute Gasteiger partial charge is 0.255 e. The summed E-state index contributed by atoms with van der Waals surface area (Å²) >= 11 is 0. The van der Waals surface area contributed by atoms with Crippen LogP contribution in [0.3, 0.4) is 0 Å². The molecule has 1 aliphatic heterocycles. The van der Waals surface area contributed by atoms with Crippen molar-refractivity contribution in [2.45, 2.75) is 13.5 Å². The van der Waals surface area contributed by atoms with Crippen molar-refractivity contribution in [3.63, 3.8) is 0 Å². The first-order chi connectivity index (χ1) is 16.4. The molecule has 0 spiro atoms. The number of nitrogens with zero attached hydrogens (tertiary/aromatic N) is 2. The second kappa shape index (κ2) is 10.8. The lowest BCUT2D eigenvalue weighted by Gasteiger charge is -2.33. The molecule has 4 rings (SSSR count). The lowest BCUT2D eigenvalue weighted by atomic mass is 10.1. The van der Waals surface area contributed by atoms with Crippen LogP contribution in [0.25, 0.3) is 0 Å². The summed E-state index contributed by atoms with van der Waals surface area (Å²) in [7, 11) is -3.15. The van der Waals surface area contributed by atoms with Crippen LogP contribution in [0.2, 0.25) is 0 Å². The number of ether oxygens (including phenoxy) is 1. The fraction of sp³-hybridized carbons (Fsp3) is 0.269. The van der Waals surface area contributed by atoms with Crippen molar-refractivity contribution in [1.29, 1.82) is 0 Å². The Kier molecular flexibility index (Phi) is 7.62. The number of carbonyl (C=O) groups is 1. The van der Waals surface area contributed by atoms with Crippen LogP contribution < -0.4 is 10.1 Å². The second-order valence-electron chi connectivity index (χ2n) is 8.14. The normalized spacial score (nSPS) is 15.1. The monoisotopic (exact) mass is 479 g/mol. The van der Waals surface area contributed by atoms with Crippen LogP contribution >= 0.6 is 0 Å². The molecular weight excluding hydrogens is 450 g/mol. The van der Waals surface area contributed by atoms with Gasteiger partial charge in [0.1, 0.15) is 5.75 Å². The van der Waals surface area contributed by atoms with E-state index in [1.165, 1.54) is 0 Å². The number of hydrogen-bond acceptors (Lipinski definition) is 5. The zero-order chi connectivity index (χ0) is 24.0. The summed E-state index contributed by atoms with van der Waals surface area (Å²) < 4.78 is 31.6. The largest absolute Gasteiger partial charge is 0.455 e. The number of amides is 1. The Hall–Kier alpha value is -3.20. The molecule has 34 heavy (non-hydrogen) atoms. The van der Waals surface area contributed by atoms with Crippen LogP contribution in [-0.2, 0) is 16.6 Å². The van der Waals surface area contributed by atoms with Crippen LogP contribution in [0.15, 0.2) is 78.9 Å². The van der Waals surface area contributed by atoms with E-state index in [9.17, 15) is 13.2 Å². The lowest BCUT2D eigenvalue weighted by Crippen LogP contribution is -2.48. The van der Waals surface area contributed by atoms with Gasteiger partial charge in [-0.25, -0.2) is 8.42 Å². The molecule has 0 aliphatic carbocycles. The summed E-state index contributed by atoms with van der Waals surface area (Å²) in [6.07, 6.45) is 0. The van der Waals surface area contributed by atoms with Gasteiger partial charge in [-0.05, 0) is 48.9 Å². The number of para-hydroxylation sites is 3. The Bertz CT molecular complexity index is 1220. The van der Waals surface area contributed by atoms with Crippen molar-refractivity contribution in [1.82, 2.24) is 9.21 Å². The molecule has 0 atom stereocenters. The highest BCUT2D eigenvalue weighted by molar-refractivity contribution is 7.89. The Morgan fingerprint density at radius 3 is 2.35 bits per heavy atom. The quantitative estimate of drug-likeness (QED) is 0.524. The van der Waals surface area contributed by atoms with E-state index in [1.54, 1.807) is 17.3 Å². The summed E-state index contributed by atoms with van der Waals surface area (Å²) in [5.41, 5.74) is 2.16. The fourth-order valence-corrected chi connectivity index (χ4v) is 4.97. The summed E-state index contributed by atoms with van der Waals surface area (Å²) in [4.78, 5) is 15.2. The van der Waals surface area contributed by atoms with Crippen molar-refractivity contribution in [2.24, 2.45) is 0 Å². The predicted molar refractivity (Wildman–Crippen MR) is 134 cm³/mol. The zero-order valence-electron chi connectivity index (χ0n) is 19.2. The van der Waals surface area contributed by atoms with E-state index in [-0.39, 0.29) is 11.7 Å². The summed E-state index contributed by atoms with van der Waals surface area (Å²) in [5, 5.41) is 2.96. The van der Waals surface area contributed by atoms with Crippen LogP contribution in [-0.4, -0.2) is 55.5 Å². The Balaban J connectivity index is 1.40. The maximum atomic E-state index is 13.0. The van der Waals surface area contributed by atoms with Crippen molar-refractivity contribution < 1.29 is 17.9 Å². The van der Waals surface area contributed by atoms with Gasteiger partial charge in [0, 0.05) is 38.3 Å². The third-order valence-electron chi connectivity index (χ3n) is 5.79. The molecule has 1 saturated heterocycles. The van der Waals surface area contributed by atoms with Gasteiger partial charge in [-0.1, -0.05) is 42.5 Å². The minimum absolute atomic E-state index is 0.129. The SMILES string of the molecule is CCS(=O)(=O)N1CCN(Cc2cccc(C(=O)Nc3ccccc3Oc3ccccc3)c2)CC1. The predicted octanol–water partition coefficient (Wildman–Crippen LogP) is 4.20. The molecule has 0 saturated carbocycles. The lowest BCUT2D eigenvalue weighted by molar-refractivity contribution is 0.102. The highest BCUT2D eigenvalue weighted by Crippen LogP contribution is 2.29. The van der Waals surface area contributed by atoms with E-state index in [0.717, 1.165) is 5.56 Å². The first-order valence-corrected chi connectivity index (χ1v) is 13.0. The molecule has 178 valence electrons. The standard InChI is InChI=1S/C26H29N3O4S/c1-2-34(31,32)29-17-15-28(16-18-29)20-21-9-8-10-22(19-21)26(30)27-24-13-6-7-14-25(24)33-23-11-4-3-5-12-23/h3-14,19H,2,15-18,20H2,1H3,(H,27,30). The first-order valence-electron chi connectivity index (χ1n) is 11.4. The van der Waals surface area contributed by atoms with E-state index < -0.39 is 10.0 Å². The van der Waals surface area contributed by atoms with Crippen molar-refractivity contribution in [3.8, 4) is 11.5 Å². The van der Waals surface area contributed by atoms with Gasteiger partial charge >= 0.3 is 0 Å². The van der Waals surface area contributed by atoms with E-state index >= 15 is 0 Å². The summed E-state index contributed by atoms with van der Waals surface area (Å²) in [6.45, 7) is 4.65. The molecule has 3 aromatic carbocycles. The molecule has 3 aromatic rings. The number of nitrogens with one attached hydrogen (secondary N) is 1. The molecule has 0 aromatic heterocycles. The van der Waals surface area contributed by atoms with E-state index in [0.29, 0.717) is 55.5 Å². The summed E-state index contributed by atoms with van der Waals surface area (Å²) in [5.74, 6) is 1.17. The van der Waals surface area contributed by atoms with Gasteiger partial charge in [0.05, 0.1) is 11.4 Å². The molecule has 0 radical (unpaired) electrons. The Morgan fingerprint density at radius 2 is 1.62 bits per heavy atom. The van der Waals surface area contributed by atoms with Crippen molar-refractivity contribution in [3.05, 3.63) is 90.0 Å². The van der Waals surface area contributed by atoms with E-state index in [1.807, 2.05) is 72.8 Å². The molecular formula is C26H29N3O4S. The number of rotatable bonds is 8. The Labute approximate surface area is 201 Å². The minimum atomic E-state index is -3.15. The highest BCUT2D eigenvalue weighted by Gasteiger charge is 2.25. The average Bonchev–Trinajstić information content (AvgIpc) is 2.86. The number of piperazine rings is 1. The third-order valence-corrected chi connectivity index (χ3v) is 7.67. The Morgan fingerprint density at radius 1 is 0.912 bits per heavy atom. The maximum absolute atomic E-state index is 13.0. The molecule has 1 heterocycles. The highest BCUT2D eigenvalue weighted by atomic mass is 32.2. The number of anilines is 1. The van der Waals surface area contributed by atoms with E-state index in [4.69, 9.17) is 4.74 Å². The molecule has 1 amide bonds. The van der Waals surface area contributed by atoms with Crippen molar-refractivity contribution in [2.75, 3.05) is 37.2 Å². The molecule has 1 fully saturated rings. The second-order valence-corrected chi connectivity index (χ2v) is 10.4. The van der Waals surface area contributed by atoms with Crippen LogP contribution in [0, 0.1) is 0 Å². The van der Waals surface area contributed by atoms with E-state index in [2.05, 4.69) is 10.2 Å². The van der Waals surface area contributed by atoms with Crippen molar-refractivity contribution >= 4 is 21.6 Å². The first kappa shape index (κ1) is 23.9. The van der Waals surface area contributed by atoms with Crippen LogP contribution in [0.4, 0.5) is 5.69 Å².